The van der Waals surface area contributed by atoms with E-state index in [2.05, 4.69) is 61.4 Å². The maximum Gasteiger partial charge on any atom is 3.00 e. The molecule has 1 nitrogen and oxygen atoms in total. The summed E-state index contributed by atoms with van der Waals surface area (Å²) in [6.07, 6.45) is 1.85. The molecule has 2 aromatic carbocycles. The number of hydrogen-bond donors (Lipinski definition) is 0. The predicted molar refractivity (Wildman–Crippen MR) is 90.5 cm³/mol. The summed E-state index contributed by atoms with van der Waals surface area (Å²) < 4.78 is 0. The Hall–Kier alpha value is -0.401. The van der Waals surface area contributed by atoms with Gasteiger partial charge in [-0.15, -0.1) is 28.9 Å². The molecular weight excluding hydrogens is 405 g/mol. The van der Waals surface area contributed by atoms with Crippen LogP contribution in [-0.2, 0) is 17.4 Å². The van der Waals surface area contributed by atoms with Crippen LogP contribution in [-0.4, -0.2) is 12.4 Å². The first-order valence-corrected chi connectivity index (χ1v) is 10.8. The van der Waals surface area contributed by atoms with Gasteiger partial charge in [0.15, 0.2) is 0 Å². The molecule has 0 saturated heterocycles. The van der Waals surface area contributed by atoms with Gasteiger partial charge < -0.3 is 24.8 Å². The third kappa shape index (κ3) is 4.57. The molecule has 3 aromatic rings. The van der Waals surface area contributed by atoms with Crippen LogP contribution < -0.4 is 30.0 Å². The Kier molecular flexibility index (Phi) is 8.47. The molecule has 0 bridgehead atoms. The largest absolute Gasteiger partial charge is 3.00 e. The van der Waals surface area contributed by atoms with Crippen molar-refractivity contribution in [1.29, 1.82) is 0 Å². The van der Waals surface area contributed by atoms with Gasteiger partial charge in [0.1, 0.15) is 7.38 Å². The molecule has 3 rings (SSSR count). The van der Waals surface area contributed by atoms with Crippen LogP contribution in [0.5, 0.6) is 0 Å². The number of pyridine rings is 1. The van der Waals surface area contributed by atoms with Gasteiger partial charge in [-0.25, -0.2) is 0 Å². The molecule has 1 heterocycles. The first-order valence-electron chi connectivity index (χ1n) is 6.77. The minimum Gasteiger partial charge on any atom is -1.00 e. The minimum absolute atomic E-state index is 0. The normalized spacial score (nSPS) is 10.4. The van der Waals surface area contributed by atoms with Crippen LogP contribution in [0, 0.1) is 6.92 Å². The molecule has 0 unspecified atom stereocenters. The zero-order chi connectivity index (χ0) is 14.3. The molecule has 1 radical (unpaired) electrons. The Balaban J connectivity index is 0.00000161. The van der Waals surface area contributed by atoms with Crippen molar-refractivity contribution in [2.75, 3.05) is 0 Å². The van der Waals surface area contributed by atoms with E-state index in [1.807, 2.05) is 12.3 Å². The van der Waals surface area contributed by atoms with Crippen molar-refractivity contribution in [2.24, 2.45) is 0 Å². The van der Waals surface area contributed by atoms with Crippen LogP contribution in [0.25, 0.3) is 22.0 Å². The second-order valence-corrected chi connectivity index (χ2v) is 12.1. The van der Waals surface area contributed by atoms with Crippen LogP contribution in [0.4, 0.5) is 0 Å². The number of aryl methyl sites for hydroxylation is 1. The molecule has 1 aromatic heterocycles. The first-order chi connectivity index (χ1) is 9.47. The fraction of sp³-hybridized carbons (Fsp3) is 0.176. The summed E-state index contributed by atoms with van der Waals surface area (Å²) in [6.45, 7) is 6.47. The van der Waals surface area contributed by atoms with E-state index >= 15 is 0 Å². The van der Waals surface area contributed by atoms with E-state index in [-0.39, 0.29) is 42.2 Å². The van der Waals surface area contributed by atoms with Gasteiger partial charge >= 0.3 is 17.4 Å². The monoisotopic (exact) mass is 420 g/mol. The standard InChI is InChI=1S/C17H17ClNSi.2ClH.Cr/c1-12-10-14(20(2,3)18)11-16(12)15-8-4-6-13-7-5-9-19-17(13)15;;;/h4-11H,1-3H3;2*1H;/q-1;;;+3/p-2. The first kappa shape index (κ1) is 22.6. The van der Waals surface area contributed by atoms with Crippen LogP contribution >= 0.6 is 11.1 Å². The smallest absolute Gasteiger partial charge is 1.00 e. The summed E-state index contributed by atoms with van der Waals surface area (Å²) in [4.78, 5) is 4.55. The number of aromatic nitrogens is 1. The zero-order valence-electron chi connectivity index (χ0n) is 13.1. The van der Waals surface area contributed by atoms with Crippen LogP contribution in [0.3, 0.4) is 0 Å². The van der Waals surface area contributed by atoms with Crippen LogP contribution in [0.1, 0.15) is 5.56 Å². The van der Waals surface area contributed by atoms with Crippen LogP contribution in [0.2, 0.25) is 13.1 Å². The third-order valence-electron chi connectivity index (χ3n) is 3.71. The number of hydrogen-bond acceptors (Lipinski definition) is 1. The van der Waals surface area contributed by atoms with Crippen molar-refractivity contribution < 1.29 is 42.2 Å². The number of benzene rings is 1. The van der Waals surface area contributed by atoms with Gasteiger partial charge in [0, 0.05) is 11.7 Å². The Labute approximate surface area is 166 Å². The van der Waals surface area contributed by atoms with Crippen molar-refractivity contribution in [3.05, 3.63) is 54.2 Å². The summed E-state index contributed by atoms with van der Waals surface area (Å²) in [7, 11) is -1.79. The molecule has 0 aliphatic carbocycles. The Morgan fingerprint density at radius 1 is 1.09 bits per heavy atom. The maximum absolute atomic E-state index is 6.57. The topological polar surface area (TPSA) is 12.9 Å². The molecule has 0 N–H and O–H groups in total. The van der Waals surface area contributed by atoms with Crippen molar-refractivity contribution >= 4 is 34.6 Å². The van der Waals surface area contributed by atoms with Gasteiger partial charge in [0.05, 0.1) is 0 Å². The fourth-order valence-electron chi connectivity index (χ4n) is 2.58. The summed E-state index contributed by atoms with van der Waals surface area (Å²) >= 11 is 6.57. The van der Waals surface area contributed by atoms with Crippen molar-refractivity contribution in [3.63, 3.8) is 0 Å². The average Bonchev–Trinajstić information content (AvgIpc) is 2.80. The Bertz CT molecular complexity index is 776. The van der Waals surface area contributed by atoms with Gasteiger partial charge in [-0.3, -0.25) is 4.98 Å². The zero-order valence-corrected chi connectivity index (χ0v) is 17.7. The minimum atomic E-state index is -1.79. The SMILES string of the molecule is Cc1cc([Si](C)(C)Cl)c[c-]1-c1cccc2cccnc12.[Cl-].[Cl-].[Cr+3]. The van der Waals surface area contributed by atoms with Gasteiger partial charge in [0.25, 0.3) is 0 Å². The van der Waals surface area contributed by atoms with E-state index in [1.165, 1.54) is 27.3 Å². The molecule has 0 aliphatic rings. The fourth-order valence-corrected chi connectivity index (χ4v) is 3.95. The maximum atomic E-state index is 6.57. The summed E-state index contributed by atoms with van der Waals surface area (Å²) in [5, 5.41) is 2.47. The number of fused-ring (bicyclic) bond motifs is 1. The molecule has 0 amide bonds. The second-order valence-electron chi connectivity index (χ2n) is 5.69. The summed E-state index contributed by atoms with van der Waals surface area (Å²) in [5.74, 6) is 0. The molecule has 121 valence electrons. The van der Waals surface area contributed by atoms with E-state index in [4.69, 9.17) is 11.1 Å². The van der Waals surface area contributed by atoms with Gasteiger partial charge in [-0.1, -0.05) is 49.3 Å². The van der Waals surface area contributed by atoms with Gasteiger partial charge in [-0.05, 0) is 11.5 Å². The quantitative estimate of drug-likeness (QED) is 0.281. The van der Waals surface area contributed by atoms with Gasteiger partial charge in [-0.2, -0.15) is 11.1 Å². The molecule has 0 saturated carbocycles. The molecule has 0 aliphatic heterocycles. The molecule has 0 fully saturated rings. The summed E-state index contributed by atoms with van der Waals surface area (Å²) in [5.41, 5.74) is 4.79. The molecule has 23 heavy (non-hydrogen) atoms. The molecule has 0 spiro atoms. The molecular formula is C17H17Cl3CrNSi. The number of halogens is 3. The number of para-hydroxylation sites is 1. The van der Waals surface area contributed by atoms with Crippen LogP contribution in [0.15, 0.2) is 48.7 Å². The van der Waals surface area contributed by atoms with E-state index in [1.54, 1.807) is 0 Å². The third-order valence-corrected chi connectivity index (χ3v) is 6.02. The summed E-state index contributed by atoms with van der Waals surface area (Å²) in [6, 6.07) is 14.9. The van der Waals surface area contributed by atoms with E-state index in [0.717, 1.165) is 5.52 Å². The van der Waals surface area contributed by atoms with Crippen molar-refractivity contribution in [3.8, 4) is 11.1 Å². The molecule has 0 atom stereocenters. The molecule has 6 heteroatoms. The van der Waals surface area contributed by atoms with E-state index < -0.39 is 7.38 Å². The average molecular weight is 422 g/mol. The number of rotatable bonds is 2. The second kappa shape index (κ2) is 8.62. The van der Waals surface area contributed by atoms with E-state index in [0.29, 0.717) is 0 Å². The predicted octanol–water partition coefficient (Wildman–Crippen LogP) is -1.41. The Morgan fingerprint density at radius 3 is 2.35 bits per heavy atom. The van der Waals surface area contributed by atoms with Gasteiger partial charge in [0.2, 0.25) is 0 Å². The van der Waals surface area contributed by atoms with E-state index in [9.17, 15) is 0 Å². The number of nitrogens with zero attached hydrogens (tertiary/aromatic N) is 1. The van der Waals surface area contributed by atoms with Crippen molar-refractivity contribution in [2.45, 2.75) is 20.0 Å². The van der Waals surface area contributed by atoms with Crippen molar-refractivity contribution in [1.82, 2.24) is 4.98 Å². The Morgan fingerprint density at radius 2 is 1.74 bits per heavy atom.